The Bertz CT molecular complexity index is 1600. The van der Waals surface area contributed by atoms with E-state index in [-0.39, 0.29) is 47.0 Å². The van der Waals surface area contributed by atoms with Crippen molar-refractivity contribution in [1.82, 2.24) is 14.6 Å². The summed E-state index contributed by atoms with van der Waals surface area (Å²) in [5, 5.41) is 15.4. The Kier molecular flexibility index (Phi) is 10.1. The molecule has 0 radical (unpaired) electrons. The van der Waals surface area contributed by atoms with E-state index in [4.69, 9.17) is 4.74 Å². The molecule has 14 heteroatoms. The molecule has 2 aromatic heterocycles. The zero-order valence-electron chi connectivity index (χ0n) is 25.3. The van der Waals surface area contributed by atoms with Crippen molar-refractivity contribution >= 4 is 29.3 Å². The summed E-state index contributed by atoms with van der Waals surface area (Å²) in [5.74, 6) is -5.60. The van der Waals surface area contributed by atoms with Crippen LogP contribution in [0.3, 0.4) is 0 Å². The molecule has 1 aliphatic rings. The molecule has 0 spiro atoms. The zero-order chi connectivity index (χ0) is 33.1. The number of rotatable bonds is 9. The highest BCUT2D eigenvalue weighted by Crippen LogP contribution is 2.44. The van der Waals surface area contributed by atoms with Crippen molar-refractivity contribution in [2.24, 2.45) is 10.4 Å². The molecule has 4 rings (SSSR count). The van der Waals surface area contributed by atoms with Crippen molar-refractivity contribution in [2.45, 2.75) is 78.0 Å². The molecular formula is C31H34F4N4O6. The average molecular weight is 635 g/mol. The lowest BCUT2D eigenvalue weighted by Crippen LogP contribution is -2.29. The van der Waals surface area contributed by atoms with E-state index in [9.17, 15) is 37.1 Å². The molecule has 45 heavy (non-hydrogen) atoms. The maximum absolute atomic E-state index is 13.2. The lowest BCUT2D eigenvalue weighted by atomic mass is 9.71. The van der Waals surface area contributed by atoms with Crippen LogP contribution in [0.1, 0.15) is 86.7 Å². The number of esters is 2. The van der Waals surface area contributed by atoms with Crippen LogP contribution >= 0.6 is 0 Å². The number of nitrogens with zero attached hydrogens (tertiary/aromatic N) is 4. The predicted octanol–water partition coefficient (Wildman–Crippen LogP) is 5.12. The van der Waals surface area contributed by atoms with Gasteiger partial charge < -0.3 is 14.6 Å². The van der Waals surface area contributed by atoms with Crippen molar-refractivity contribution in [1.29, 1.82) is 0 Å². The zero-order valence-corrected chi connectivity index (χ0v) is 25.3. The summed E-state index contributed by atoms with van der Waals surface area (Å²) in [6, 6.07) is 6.33. The summed E-state index contributed by atoms with van der Waals surface area (Å²) in [4.78, 5) is 45.4. The van der Waals surface area contributed by atoms with E-state index in [2.05, 4.69) is 33.7 Å². The van der Waals surface area contributed by atoms with Gasteiger partial charge in [0.1, 0.15) is 18.1 Å². The van der Waals surface area contributed by atoms with Crippen LogP contribution in [-0.2, 0) is 30.3 Å². The molecule has 10 nitrogen and oxygen atoms in total. The van der Waals surface area contributed by atoms with E-state index < -0.39 is 48.3 Å². The van der Waals surface area contributed by atoms with Gasteiger partial charge in [-0.2, -0.15) is 18.3 Å². The molecule has 1 aliphatic carbocycles. The number of alkyl halides is 3. The van der Waals surface area contributed by atoms with Crippen LogP contribution in [0, 0.1) is 18.2 Å². The highest BCUT2D eigenvalue weighted by Gasteiger charge is 2.43. The molecule has 0 amide bonds. The Morgan fingerprint density at radius 1 is 1.16 bits per heavy atom. The van der Waals surface area contributed by atoms with Gasteiger partial charge in [-0.25, -0.2) is 28.5 Å². The van der Waals surface area contributed by atoms with Crippen molar-refractivity contribution in [3.8, 4) is 0 Å². The largest absolute Gasteiger partial charge is 0.491 e. The first-order valence-electron chi connectivity index (χ1n) is 14.4. The molecule has 1 atom stereocenters. The number of ether oxygens (including phenoxy) is 2. The van der Waals surface area contributed by atoms with Gasteiger partial charge in [0.25, 0.3) is 0 Å². The van der Waals surface area contributed by atoms with Crippen molar-refractivity contribution in [3.05, 3.63) is 64.4 Å². The third kappa shape index (κ3) is 8.10. The van der Waals surface area contributed by atoms with Gasteiger partial charge in [-0.1, -0.05) is 26.0 Å². The highest BCUT2D eigenvalue weighted by atomic mass is 19.4. The second kappa shape index (κ2) is 13.4. The number of benzene rings is 1. The van der Waals surface area contributed by atoms with Crippen LogP contribution in [0.2, 0.25) is 0 Å². The second-order valence-electron chi connectivity index (χ2n) is 11.7. The standard InChI is InChI=1S/C31H34F4N4O6/c1-5-44-28(42)26(41)24-17(2)37-23-15-22(38-39(23)25(24)19-10-12-30(3,4)13-11-19)27(45-29(43)31(33,34)35)36-16-21(40)14-18-6-8-20(32)9-7-18/h6-9,15,19,26,41H,5,10-14,16H2,1-4H3/b36-27-/t26-/m0/s1. The number of halogens is 4. The molecule has 0 saturated heterocycles. The van der Waals surface area contributed by atoms with Crippen LogP contribution in [0.25, 0.3) is 5.65 Å². The number of ketones is 1. The number of aliphatic hydroxyl groups is 1. The lowest BCUT2D eigenvalue weighted by molar-refractivity contribution is -0.191. The SMILES string of the molecule is CCOC(=O)[C@@H](O)c1c(C)nc2cc(/C(=N/CC(=O)Cc3ccc(F)cc3)OC(=O)C(F)(F)F)nn2c1C1CCC(C)(C)CC1. The Morgan fingerprint density at radius 2 is 1.80 bits per heavy atom. The number of aromatic nitrogens is 3. The van der Waals surface area contributed by atoms with Crippen LogP contribution in [0.15, 0.2) is 35.3 Å². The fourth-order valence-electron chi connectivity index (χ4n) is 5.36. The van der Waals surface area contributed by atoms with Gasteiger partial charge in [-0.05, 0) is 62.6 Å². The Labute approximate surface area is 256 Å². The van der Waals surface area contributed by atoms with E-state index in [0.717, 1.165) is 25.0 Å². The lowest BCUT2D eigenvalue weighted by Gasteiger charge is -2.35. The Balaban J connectivity index is 1.80. The van der Waals surface area contributed by atoms with Gasteiger partial charge in [0.15, 0.2) is 17.5 Å². The molecule has 1 fully saturated rings. The van der Waals surface area contributed by atoms with Crippen molar-refractivity contribution < 1.29 is 46.5 Å². The van der Waals surface area contributed by atoms with Crippen LogP contribution in [0.4, 0.5) is 17.6 Å². The third-order valence-electron chi connectivity index (χ3n) is 7.73. The van der Waals surface area contributed by atoms with Gasteiger partial charge in [0, 0.05) is 29.7 Å². The van der Waals surface area contributed by atoms with Gasteiger partial charge in [0.2, 0.25) is 5.90 Å². The van der Waals surface area contributed by atoms with Crippen LogP contribution in [-0.4, -0.2) is 62.7 Å². The monoisotopic (exact) mass is 634 g/mol. The minimum Gasteiger partial charge on any atom is -0.464 e. The number of aliphatic imine (C=N–C) groups is 1. The summed E-state index contributed by atoms with van der Waals surface area (Å²) in [6.07, 6.45) is -4.33. The Morgan fingerprint density at radius 3 is 2.40 bits per heavy atom. The first-order valence-corrected chi connectivity index (χ1v) is 14.4. The maximum atomic E-state index is 13.2. The second-order valence-corrected chi connectivity index (χ2v) is 11.7. The van der Waals surface area contributed by atoms with E-state index in [1.54, 1.807) is 13.8 Å². The smallest absolute Gasteiger partial charge is 0.464 e. The van der Waals surface area contributed by atoms with E-state index >= 15 is 0 Å². The Hall–Kier alpha value is -4.20. The summed E-state index contributed by atoms with van der Waals surface area (Å²) in [7, 11) is 0. The van der Waals surface area contributed by atoms with E-state index in [1.165, 1.54) is 22.7 Å². The van der Waals surface area contributed by atoms with Crippen LogP contribution in [0.5, 0.6) is 0 Å². The average Bonchev–Trinajstić information content (AvgIpc) is 3.38. The minimum absolute atomic E-state index is 0.0216. The molecule has 0 bridgehead atoms. The van der Waals surface area contributed by atoms with Gasteiger partial charge in [-0.3, -0.25) is 4.79 Å². The third-order valence-corrected chi connectivity index (χ3v) is 7.73. The number of fused-ring (bicyclic) bond motifs is 1. The van der Waals surface area contributed by atoms with Crippen molar-refractivity contribution in [2.75, 3.05) is 13.2 Å². The van der Waals surface area contributed by atoms with Gasteiger partial charge >= 0.3 is 18.1 Å². The molecule has 1 saturated carbocycles. The summed E-state index contributed by atoms with van der Waals surface area (Å²) >= 11 is 0. The molecule has 2 heterocycles. The molecule has 3 aromatic rings. The fraction of sp³-hybridized carbons (Fsp3) is 0.484. The molecule has 1 aromatic carbocycles. The minimum atomic E-state index is -5.37. The molecule has 0 unspecified atom stereocenters. The molecule has 242 valence electrons. The van der Waals surface area contributed by atoms with Crippen LogP contribution < -0.4 is 0 Å². The molecule has 1 N–H and O–H groups in total. The van der Waals surface area contributed by atoms with Crippen molar-refractivity contribution in [3.63, 3.8) is 0 Å². The number of hydrogen-bond donors (Lipinski definition) is 1. The number of carbonyl (C=O) groups excluding carboxylic acids is 3. The number of aliphatic hydroxyl groups excluding tert-OH is 1. The highest BCUT2D eigenvalue weighted by molar-refractivity contribution is 6.02. The topological polar surface area (TPSA) is 132 Å². The quantitative estimate of drug-likeness (QED) is 0.149. The number of carbonyl (C=O) groups is 3. The first-order chi connectivity index (χ1) is 21.1. The summed E-state index contributed by atoms with van der Waals surface area (Å²) in [6.45, 7) is 6.78. The van der Waals surface area contributed by atoms with Gasteiger partial charge in [0.05, 0.1) is 12.3 Å². The van der Waals surface area contributed by atoms with E-state index in [1.807, 2.05) is 0 Å². The number of Topliss-reactive ketones (excluding diaryl/α,β-unsaturated/α-hetero) is 1. The predicted molar refractivity (Wildman–Crippen MR) is 153 cm³/mol. The van der Waals surface area contributed by atoms with Gasteiger partial charge in [-0.15, -0.1) is 0 Å². The summed E-state index contributed by atoms with van der Waals surface area (Å²) < 4.78 is 63.8. The number of hydrogen-bond acceptors (Lipinski definition) is 9. The summed E-state index contributed by atoms with van der Waals surface area (Å²) in [5.41, 5.74) is 1.18. The number of aryl methyl sites for hydroxylation is 1. The first kappa shape index (κ1) is 33.7. The fourth-order valence-corrected chi connectivity index (χ4v) is 5.36. The molecule has 0 aliphatic heterocycles. The van der Waals surface area contributed by atoms with E-state index in [0.29, 0.717) is 24.1 Å². The molecular weight excluding hydrogens is 600 g/mol. The maximum Gasteiger partial charge on any atom is 0.491 e. The normalized spacial score (nSPS) is 16.4.